The molecule has 0 aromatic heterocycles. The highest BCUT2D eigenvalue weighted by Gasteiger charge is 2.31. The minimum atomic E-state index is -0.800. The van der Waals surface area contributed by atoms with Gasteiger partial charge in [0.2, 0.25) is 0 Å². The van der Waals surface area contributed by atoms with E-state index in [1.54, 1.807) is 11.0 Å². The molecular formula is C23H22ClNO4S2. The Morgan fingerprint density at radius 2 is 1.87 bits per heavy atom. The number of unbranched alkanes of at least 4 members (excludes halogenated alkanes) is 2. The van der Waals surface area contributed by atoms with Gasteiger partial charge in [0.1, 0.15) is 16.7 Å². The maximum absolute atomic E-state index is 12.8. The van der Waals surface area contributed by atoms with Gasteiger partial charge >= 0.3 is 5.97 Å². The van der Waals surface area contributed by atoms with Crippen LogP contribution < -0.4 is 4.74 Å². The maximum Gasteiger partial charge on any atom is 0.303 e. The number of thiocarbonyl (C=S) groups is 1. The van der Waals surface area contributed by atoms with Gasteiger partial charge in [0.15, 0.2) is 0 Å². The number of amides is 1. The van der Waals surface area contributed by atoms with E-state index in [0.717, 1.165) is 17.5 Å². The number of thioether (sulfide) groups is 1. The lowest BCUT2D eigenvalue weighted by atomic mass is 10.1. The first-order valence-corrected chi connectivity index (χ1v) is 11.5. The van der Waals surface area contributed by atoms with Crippen molar-refractivity contribution in [2.24, 2.45) is 0 Å². The number of carboxylic acid groups (broad SMARTS) is 1. The van der Waals surface area contributed by atoms with Crippen molar-refractivity contribution in [1.82, 2.24) is 4.90 Å². The van der Waals surface area contributed by atoms with Gasteiger partial charge < -0.3 is 9.84 Å². The maximum atomic E-state index is 12.8. The number of hydrogen-bond acceptors (Lipinski definition) is 5. The van der Waals surface area contributed by atoms with Gasteiger partial charge in [0.05, 0.1) is 4.91 Å². The number of benzene rings is 2. The molecule has 1 saturated heterocycles. The average Bonchev–Trinajstić information content (AvgIpc) is 3.01. The fourth-order valence-corrected chi connectivity index (χ4v) is 4.46. The van der Waals surface area contributed by atoms with E-state index in [1.807, 2.05) is 48.5 Å². The predicted molar refractivity (Wildman–Crippen MR) is 128 cm³/mol. The van der Waals surface area contributed by atoms with Gasteiger partial charge in [-0.15, -0.1) is 0 Å². The molecule has 0 unspecified atom stereocenters. The molecule has 0 aliphatic carbocycles. The molecule has 0 atom stereocenters. The highest BCUT2D eigenvalue weighted by molar-refractivity contribution is 8.26. The summed E-state index contributed by atoms with van der Waals surface area (Å²) >= 11 is 12.6. The molecule has 0 radical (unpaired) electrons. The fourth-order valence-electron chi connectivity index (χ4n) is 3.03. The quantitative estimate of drug-likeness (QED) is 0.267. The molecule has 31 heavy (non-hydrogen) atoms. The van der Waals surface area contributed by atoms with Crippen LogP contribution in [0.4, 0.5) is 0 Å². The zero-order valence-electron chi connectivity index (χ0n) is 16.8. The Labute approximate surface area is 196 Å². The Morgan fingerprint density at radius 1 is 1.13 bits per heavy atom. The van der Waals surface area contributed by atoms with E-state index in [1.165, 1.54) is 11.8 Å². The van der Waals surface area contributed by atoms with Crippen LogP contribution in [0.3, 0.4) is 0 Å². The van der Waals surface area contributed by atoms with Gasteiger partial charge in [-0.25, -0.2) is 0 Å². The minimum absolute atomic E-state index is 0.124. The number of carbonyl (C=O) groups is 2. The summed E-state index contributed by atoms with van der Waals surface area (Å²) in [5, 5.41) is 9.38. The number of halogens is 1. The molecule has 1 N–H and O–H groups in total. The minimum Gasteiger partial charge on any atom is -0.488 e. The summed E-state index contributed by atoms with van der Waals surface area (Å²) < 4.78 is 6.49. The van der Waals surface area contributed by atoms with E-state index in [4.69, 9.17) is 33.7 Å². The number of aliphatic carboxylic acids is 1. The van der Waals surface area contributed by atoms with E-state index in [9.17, 15) is 9.59 Å². The summed E-state index contributed by atoms with van der Waals surface area (Å²) in [4.78, 5) is 25.6. The van der Waals surface area contributed by atoms with E-state index < -0.39 is 5.97 Å². The van der Waals surface area contributed by atoms with Crippen LogP contribution in [0.15, 0.2) is 53.4 Å². The topological polar surface area (TPSA) is 66.8 Å². The molecule has 8 heteroatoms. The van der Waals surface area contributed by atoms with Crippen LogP contribution in [0, 0.1) is 0 Å². The molecule has 0 bridgehead atoms. The smallest absolute Gasteiger partial charge is 0.303 e. The molecule has 2 aromatic rings. The third-order valence-electron chi connectivity index (χ3n) is 4.66. The van der Waals surface area contributed by atoms with Crippen LogP contribution >= 0.6 is 35.6 Å². The molecule has 162 valence electrons. The fraction of sp³-hybridized carbons (Fsp3) is 0.261. The number of hydrogen-bond donors (Lipinski definition) is 1. The van der Waals surface area contributed by atoms with E-state index in [2.05, 4.69) is 0 Å². The third-order valence-corrected chi connectivity index (χ3v) is 6.29. The van der Waals surface area contributed by atoms with E-state index >= 15 is 0 Å². The Kier molecular flexibility index (Phi) is 8.51. The number of para-hydroxylation sites is 1. The van der Waals surface area contributed by atoms with Crippen LogP contribution in [-0.2, 0) is 16.2 Å². The molecule has 1 fully saturated rings. The van der Waals surface area contributed by atoms with Crippen LogP contribution in [-0.4, -0.2) is 32.7 Å². The van der Waals surface area contributed by atoms with Crippen molar-refractivity contribution in [3.8, 4) is 5.75 Å². The second-order valence-electron chi connectivity index (χ2n) is 6.99. The van der Waals surface area contributed by atoms with Gasteiger partial charge in [-0.2, -0.15) is 0 Å². The van der Waals surface area contributed by atoms with Crippen molar-refractivity contribution in [3.63, 3.8) is 0 Å². The van der Waals surface area contributed by atoms with Gasteiger partial charge in [-0.1, -0.05) is 72.3 Å². The summed E-state index contributed by atoms with van der Waals surface area (Å²) in [7, 11) is 0. The Morgan fingerprint density at radius 3 is 2.61 bits per heavy atom. The van der Waals surface area contributed by atoms with Gasteiger partial charge in [0.25, 0.3) is 5.91 Å². The second kappa shape index (κ2) is 11.3. The van der Waals surface area contributed by atoms with Crippen molar-refractivity contribution in [3.05, 3.63) is 69.6 Å². The van der Waals surface area contributed by atoms with E-state index in [-0.39, 0.29) is 12.3 Å². The molecule has 0 saturated carbocycles. The number of carboxylic acids is 1. The molecule has 0 spiro atoms. The molecule has 1 amide bonds. The first kappa shape index (κ1) is 23.3. The van der Waals surface area contributed by atoms with Crippen molar-refractivity contribution in [1.29, 1.82) is 0 Å². The summed E-state index contributed by atoms with van der Waals surface area (Å²) in [5.41, 5.74) is 1.80. The normalized spacial score (nSPS) is 15.0. The third kappa shape index (κ3) is 6.82. The van der Waals surface area contributed by atoms with Crippen molar-refractivity contribution < 1.29 is 19.4 Å². The van der Waals surface area contributed by atoms with Crippen LogP contribution in [0.5, 0.6) is 5.75 Å². The average molecular weight is 476 g/mol. The van der Waals surface area contributed by atoms with Gasteiger partial charge in [0, 0.05) is 23.6 Å². The summed E-state index contributed by atoms with van der Waals surface area (Å²) in [6.07, 6.45) is 4.00. The molecule has 2 aromatic carbocycles. The lowest BCUT2D eigenvalue weighted by Gasteiger charge is -2.14. The van der Waals surface area contributed by atoms with Crippen LogP contribution in [0.2, 0.25) is 5.02 Å². The summed E-state index contributed by atoms with van der Waals surface area (Å²) in [5.74, 6) is -0.248. The Balaban J connectivity index is 1.63. The lowest BCUT2D eigenvalue weighted by molar-refractivity contribution is -0.137. The highest BCUT2D eigenvalue weighted by Crippen LogP contribution is 2.34. The molecule has 1 aliphatic rings. The molecule has 3 rings (SSSR count). The number of carbonyl (C=O) groups excluding carboxylic acids is 1. The number of ether oxygens (including phenoxy) is 1. The van der Waals surface area contributed by atoms with Crippen molar-refractivity contribution >= 4 is 57.9 Å². The Hall–Kier alpha value is -2.35. The molecule has 5 nitrogen and oxygen atoms in total. The number of nitrogens with zero attached hydrogens (tertiary/aromatic N) is 1. The van der Waals surface area contributed by atoms with Crippen molar-refractivity contribution in [2.75, 3.05) is 6.54 Å². The number of rotatable bonds is 10. The van der Waals surface area contributed by atoms with Crippen LogP contribution in [0.25, 0.3) is 6.08 Å². The SMILES string of the molecule is O=C(O)CCCCCN1C(=O)/C(=C/c2ccccc2OCc2ccc(Cl)cc2)SC1=S. The summed E-state index contributed by atoms with van der Waals surface area (Å²) in [6, 6.07) is 15.0. The zero-order valence-corrected chi connectivity index (χ0v) is 19.1. The monoisotopic (exact) mass is 475 g/mol. The molecule has 1 aliphatic heterocycles. The van der Waals surface area contributed by atoms with Crippen LogP contribution in [0.1, 0.15) is 36.8 Å². The first-order valence-electron chi connectivity index (χ1n) is 9.87. The van der Waals surface area contributed by atoms with Gasteiger partial charge in [-0.3, -0.25) is 14.5 Å². The largest absolute Gasteiger partial charge is 0.488 e. The first-order chi connectivity index (χ1) is 14.9. The standard InChI is InChI=1S/C23H22ClNO4S2/c24-18-11-9-16(10-12-18)15-29-19-7-4-3-6-17(19)14-20-22(28)25(23(30)31-20)13-5-1-2-8-21(26)27/h3-4,6-7,9-12,14H,1-2,5,8,13,15H2,(H,26,27)/b20-14-. The zero-order chi connectivity index (χ0) is 22.2. The molecular weight excluding hydrogens is 454 g/mol. The predicted octanol–water partition coefficient (Wildman–Crippen LogP) is 5.77. The Bertz CT molecular complexity index is 991. The van der Waals surface area contributed by atoms with Gasteiger partial charge in [-0.05, 0) is 42.7 Å². The molecule has 1 heterocycles. The van der Waals surface area contributed by atoms with Crippen molar-refractivity contribution in [2.45, 2.75) is 32.3 Å². The lowest BCUT2D eigenvalue weighted by Crippen LogP contribution is -2.29. The summed E-state index contributed by atoms with van der Waals surface area (Å²) in [6.45, 7) is 0.885. The highest BCUT2D eigenvalue weighted by atomic mass is 35.5. The second-order valence-corrected chi connectivity index (χ2v) is 9.10. The van der Waals surface area contributed by atoms with E-state index in [0.29, 0.717) is 46.0 Å².